The number of carbonyl (C=O) groups excluding carboxylic acids is 1. The summed E-state index contributed by atoms with van der Waals surface area (Å²) < 4.78 is 0. The Kier molecular flexibility index (Phi) is 4.40. The number of nitrogens with zero attached hydrogens (tertiary/aromatic N) is 2. The first kappa shape index (κ1) is 12.8. The van der Waals surface area contributed by atoms with Crippen LogP contribution in [0, 0.1) is 5.92 Å². The van der Waals surface area contributed by atoms with E-state index in [9.17, 15) is 4.79 Å². The lowest BCUT2D eigenvalue weighted by Crippen LogP contribution is -2.34. The summed E-state index contributed by atoms with van der Waals surface area (Å²) in [6.45, 7) is 4.08. The molecule has 0 aromatic heterocycles. The Hall–Kier alpha value is -0.610. The van der Waals surface area contributed by atoms with Crippen molar-refractivity contribution in [3.05, 3.63) is 0 Å². The molecule has 2 aliphatic rings. The molecule has 1 saturated carbocycles. The lowest BCUT2D eigenvalue weighted by molar-refractivity contribution is -0.130. The van der Waals surface area contributed by atoms with E-state index < -0.39 is 0 Å². The van der Waals surface area contributed by atoms with Crippen LogP contribution in [0.2, 0.25) is 0 Å². The SMILES string of the molecule is CN1CCC(CN(C)C(=O)CCNC2CC2)C1. The van der Waals surface area contributed by atoms with Gasteiger partial charge in [-0.25, -0.2) is 0 Å². The molecule has 1 atom stereocenters. The maximum Gasteiger partial charge on any atom is 0.223 e. The quantitative estimate of drug-likeness (QED) is 0.735. The first-order chi connectivity index (χ1) is 8.15. The third kappa shape index (κ3) is 4.28. The highest BCUT2D eigenvalue weighted by Crippen LogP contribution is 2.18. The Balaban J connectivity index is 1.60. The van der Waals surface area contributed by atoms with Crippen LogP contribution >= 0.6 is 0 Å². The van der Waals surface area contributed by atoms with Crippen LogP contribution in [-0.2, 0) is 4.79 Å². The van der Waals surface area contributed by atoms with E-state index in [-0.39, 0.29) is 5.91 Å². The van der Waals surface area contributed by atoms with Gasteiger partial charge in [0.25, 0.3) is 0 Å². The van der Waals surface area contributed by atoms with E-state index in [2.05, 4.69) is 17.3 Å². The van der Waals surface area contributed by atoms with Gasteiger partial charge in [0.05, 0.1) is 0 Å². The molecule has 0 aromatic carbocycles. The fourth-order valence-electron chi connectivity index (χ4n) is 2.53. The van der Waals surface area contributed by atoms with Crippen LogP contribution in [0.25, 0.3) is 0 Å². The van der Waals surface area contributed by atoms with Crippen molar-refractivity contribution in [2.45, 2.75) is 31.7 Å². The monoisotopic (exact) mass is 239 g/mol. The second kappa shape index (κ2) is 5.83. The van der Waals surface area contributed by atoms with E-state index in [1.54, 1.807) is 0 Å². The van der Waals surface area contributed by atoms with Gasteiger partial charge < -0.3 is 15.1 Å². The molecule has 0 spiro atoms. The van der Waals surface area contributed by atoms with E-state index in [1.165, 1.54) is 25.8 Å². The molecule has 1 amide bonds. The maximum atomic E-state index is 11.9. The summed E-state index contributed by atoms with van der Waals surface area (Å²) >= 11 is 0. The fourth-order valence-corrected chi connectivity index (χ4v) is 2.53. The topological polar surface area (TPSA) is 35.6 Å². The number of hydrogen-bond acceptors (Lipinski definition) is 3. The second-order valence-corrected chi connectivity index (χ2v) is 5.67. The zero-order valence-corrected chi connectivity index (χ0v) is 11.1. The largest absolute Gasteiger partial charge is 0.345 e. The Morgan fingerprint density at radius 2 is 2.18 bits per heavy atom. The van der Waals surface area contributed by atoms with Crippen LogP contribution in [0.3, 0.4) is 0 Å². The molecule has 2 fully saturated rings. The van der Waals surface area contributed by atoms with Crippen molar-refractivity contribution in [3.63, 3.8) is 0 Å². The van der Waals surface area contributed by atoms with Crippen molar-refractivity contribution in [2.24, 2.45) is 5.92 Å². The van der Waals surface area contributed by atoms with E-state index in [0.717, 1.165) is 19.6 Å². The van der Waals surface area contributed by atoms with Crippen molar-refractivity contribution >= 4 is 5.91 Å². The molecule has 1 heterocycles. The van der Waals surface area contributed by atoms with Gasteiger partial charge in [0.1, 0.15) is 0 Å². The number of hydrogen-bond donors (Lipinski definition) is 1. The Morgan fingerprint density at radius 1 is 1.41 bits per heavy atom. The highest BCUT2D eigenvalue weighted by Gasteiger charge is 2.23. The average Bonchev–Trinajstić information content (AvgIpc) is 3.02. The number of nitrogens with one attached hydrogen (secondary N) is 1. The molecule has 0 aromatic rings. The summed E-state index contributed by atoms with van der Waals surface area (Å²) in [6.07, 6.45) is 4.46. The van der Waals surface area contributed by atoms with Crippen molar-refractivity contribution in [3.8, 4) is 0 Å². The van der Waals surface area contributed by atoms with E-state index in [0.29, 0.717) is 18.4 Å². The lowest BCUT2D eigenvalue weighted by Gasteiger charge is -2.21. The van der Waals surface area contributed by atoms with Crippen LogP contribution < -0.4 is 5.32 Å². The highest BCUT2D eigenvalue weighted by atomic mass is 16.2. The average molecular weight is 239 g/mol. The van der Waals surface area contributed by atoms with E-state index in [1.807, 2.05) is 11.9 Å². The zero-order chi connectivity index (χ0) is 12.3. The molecule has 4 nitrogen and oxygen atoms in total. The lowest BCUT2D eigenvalue weighted by atomic mass is 10.1. The van der Waals surface area contributed by atoms with Crippen molar-refractivity contribution in [1.29, 1.82) is 0 Å². The van der Waals surface area contributed by atoms with Crippen molar-refractivity contribution < 1.29 is 4.79 Å². The van der Waals surface area contributed by atoms with E-state index >= 15 is 0 Å². The van der Waals surface area contributed by atoms with Crippen molar-refractivity contribution in [1.82, 2.24) is 15.1 Å². The number of carbonyl (C=O) groups is 1. The molecule has 2 rings (SSSR count). The Morgan fingerprint density at radius 3 is 2.76 bits per heavy atom. The molecular formula is C13H25N3O. The summed E-state index contributed by atoms with van der Waals surface area (Å²) in [5, 5.41) is 3.39. The van der Waals surface area contributed by atoms with Gasteiger partial charge in [0, 0.05) is 39.1 Å². The summed E-state index contributed by atoms with van der Waals surface area (Å²) in [5.74, 6) is 0.957. The molecule has 1 unspecified atom stereocenters. The van der Waals surface area contributed by atoms with Gasteiger partial charge in [-0.2, -0.15) is 0 Å². The minimum absolute atomic E-state index is 0.285. The summed E-state index contributed by atoms with van der Waals surface area (Å²) in [6, 6.07) is 0.705. The van der Waals surface area contributed by atoms with Gasteiger partial charge in [0.2, 0.25) is 5.91 Å². The van der Waals surface area contributed by atoms with Crippen LogP contribution in [0.15, 0.2) is 0 Å². The Labute approximate surface area is 104 Å². The first-order valence-electron chi connectivity index (χ1n) is 6.81. The maximum absolute atomic E-state index is 11.9. The van der Waals surface area contributed by atoms with Gasteiger partial charge in [-0.3, -0.25) is 4.79 Å². The van der Waals surface area contributed by atoms with E-state index in [4.69, 9.17) is 0 Å². The van der Waals surface area contributed by atoms with Gasteiger partial charge in [0.15, 0.2) is 0 Å². The van der Waals surface area contributed by atoms with Crippen LogP contribution in [0.1, 0.15) is 25.7 Å². The minimum Gasteiger partial charge on any atom is -0.345 e. The second-order valence-electron chi connectivity index (χ2n) is 5.67. The fraction of sp³-hybridized carbons (Fsp3) is 0.923. The molecule has 0 radical (unpaired) electrons. The first-order valence-corrected chi connectivity index (χ1v) is 6.81. The molecule has 1 aliphatic heterocycles. The third-order valence-electron chi connectivity index (χ3n) is 3.80. The number of likely N-dealkylation sites (tertiary alicyclic amines) is 1. The molecule has 98 valence electrons. The predicted octanol–water partition coefficient (Wildman–Crippen LogP) is 0.539. The van der Waals surface area contributed by atoms with Crippen molar-refractivity contribution in [2.75, 3.05) is 40.3 Å². The smallest absolute Gasteiger partial charge is 0.223 e. The van der Waals surface area contributed by atoms with Crippen LogP contribution in [0.5, 0.6) is 0 Å². The molecular weight excluding hydrogens is 214 g/mol. The predicted molar refractivity (Wildman–Crippen MR) is 68.9 cm³/mol. The van der Waals surface area contributed by atoms with Gasteiger partial charge in [-0.1, -0.05) is 0 Å². The molecule has 17 heavy (non-hydrogen) atoms. The minimum atomic E-state index is 0.285. The molecule has 1 saturated heterocycles. The standard InChI is InChI=1S/C13H25N3O/c1-15-8-6-11(9-15)10-16(2)13(17)5-7-14-12-3-4-12/h11-12,14H,3-10H2,1-2H3. The number of amides is 1. The van der Waals surface area contributed by atoms with Gasteiger partial charge in [-0.05, 0) is 38.8 Å². The van der Waals surface area contributed by atoms with Gasteiger partial charge >= 0.3 is 0 Å². The molecule has 1 aliphatic carbocycles. The Bertz CT molecular complexity index is 265. The van der Waals surface area contributed by atoms with Crippen LogP contribution in [0.4, 0.5) is 0 Å². The summed E-state index contributed by atoms with van der Waals surface area (Å²) in [5.41, 5.74) is 0. The summed E-state index contributed by atoms with van der Waals surface area (Å²) in [4.78, 5) is 16.1. The normalized spacial score (nSPS) is 25.2. The zero-order valence-electron chi connectivity index (χ0n) is 11.1. The molecule has 0 bridgehead atoms. The summed E-state index contributed by atoms with van der Waals surface area (Å²) in [7, 11) is 4.10. The molecule has 4 heteroatoms. The third-order valence-corrected chi connectivity index (χ3v) is 3.80. The van der Waals surface area contributed by atoms with Crippen LogP contribution in [-0.4, -0.2) is 62.0 Å². The highest BCUT2D eigenvalue weighted by molar-refractivity contribution is 5.76. The number of rotatable bonds is 6. The van der Waals surface area contributed by atoms with Gasteiger partial charge in [-0.15, -0.1) is 0 Å². The molecule has 1 N–H and O–H groups in total.